The van der Waals surface area contributed by atoms with Crippen LogP contribution in [0.2, 0.25) is 0 Å². The zero-order valence-electron chi connectivity index (χ0n) is 15.0. The lowest BCUT2D eigenvalue weighted by atomic mass is 10.2. The number of halogens is 1. The van der Waals surface area contributed by atoms with Crippen molar-refractivity contribution < 1.29 is 4.39 Å². The second-order valence-electron chi connectivity index (χ2n) is 6.60. The second-order valence-corrected chi connectivity index (χ2v) is 6.60. The Balaban J connectivity index is 1.39. The molecular formula is C21H22FN5. The van der Waals surface area contributed by atoms with Crippen molar-refractivity contribution in [2.24, 2.45) is 0 Å². The lowest BCUT2D eigenvalue weighted by molar-refractivity contribution is 0.613. The molecule has 1 saturated heterocycles. The Morgan fingerprint density at radius 2 is 1.67 bits per heavy atom. The SMILES string of the molecule is Fc1ccccc1CNc1cc(Nc2ccc(N3CCCC3)cc2)ncn1. The van der Waals surface area contributed by atoms with Crippen molar-refractivity contribution in [2.45, 2.75) is 19.4 Å². The second kappa shape index (κ2) is 8.03. The summed E-state index contributed by atoms with van der Waals surface area (Å²) in [5.41, 5.74) is 2.83. The molecule has 138 valence electrons. The van der Waals surface area contributed by atoms with Gasteiger partial charge >= 0.3 is 0 Å². The highest BCUT2D eigenvalue weighted by Crippen LogP contribution is 2.24. The molecule has 4 rings (SSSR count). The maximum Gasteiger partial charge on any atom is 0.135 e. The summed E-state index contributed by atoms with van der Waals surface area (Å²) in [5.74, 6) is 1.11. The predicted molar refractivity (Wildman–Crippen MR) is 107 cm³/mol. The van der Waals surface area contributed by atoms with E-state index in [1.807, 2.05) is 12.1 Å². The summed E-state index contributed by atoms with van der Waals surface area (Å²) in [6.07, 6.45) is 4.03. The number of rotatable bonds is 6. The summed E-state index contributed by atoms with van der Waals surface area (Å²) < 4.78 is 13.7. The lowest BCUT2D eigenvalue weighted by Gasteiger charge is -2.18. The first kappa shape index (κ1) is 17.3. The third-order valence-corrected chi connectivity index (χ3v) is 4.70. The van der Waals surface area contributed by atoms with Crippen LogP contribution in [0, 0.1) is 5.82 Å². The maximum atomic E-state index is 13.7. The smallest absolute Gasteiger partial charge is 0.135 e. The molecule has 0 unspecified atom stereocenters. The van der Waals surface area contributed by atoms with Gasteiger partial charge in [0, 0.05) is 42.6 Å². The molecule has 0 amide bonds. The molecule has 0 saturated carbocycles. The van der Waals surface area contributed by atoms with Gasteiger partial charge in [0.15, 0.2) is 0 Å². The summed E-state index contributed by atoms with van der Waals surface area (Å²) in [5, 5.41) is 6.42. The van der Waals surface area contributed by atoms with Crippen LogP contribution in [0.25, 0.3) is 0 Å². The Kier molecular flexibility index (Phi) is 5.14. The van der Waals surface area contributed by atoms with Crippen LogP contribution >= 0.6 is 0 Å². The predicted octanol–water partition coefficient (Wildman–Crippen LogP) is 4.57. The molecule has 0 aliphatic carbocycles. The molecular weight excluding hydrogens is 341 g/mol. The number of aromatic nitrogens is 2. The van der Waals surface area contributed by atoms with Gasteiger partial charge in [-0.15, -0.1) is 0 Å². The topological polar surface area (TPSA) is 53.1 Å². The molecule has 27 heavy (non-hydrogen) atoms. The van der Waals surface area contributed by atoms with E-state index in [0.717, 1.165) is 18.8 Å². The molecule has 2 N–H and O–H groups in total. The van der Waals surface area contributed by atoms with Crippen molar-refractivity contribution in [1.29, 1.82) is 0 Å². The molecule has 1 aliphatic heterocycles. The van der Waals surface area contributed by atoms with Crippen LogP contribution in [0.4, 0.5) is 27.4 Å². The molecule has 3 aromatic rings. The molecule has 1 fully saturated rings. The third-order valence-electron chi connectivity index (χ3n) is 4.70. The van der Waals surface area contributed by atoms with E-state index in [0.29, 0.717) is 23.7 Å². The van der Waals surface area contributed by atoms with Crippen molar-refractivity contribution in [3.05, 3.63) is 72.3 Å². The number of hydrogen-bond acceptors (Lipinski definition) is 5. The summed E-state index contributed by atoms with van der Waals surface area (Å²) in [6, 6.07) is 16.9. The Labute approximate surface area is 158 Å². The van der Waals surface area contributed by atoms with Gasteiger partial charge in [-0.05, 0) is 43.2 Å². The van der Waals surface area contributed by atoms with E-state index >= 15 is 0 Å². The van der Waals surface area contributed by atoms with Crippen molar-refractivity contribution in [3.63, 3.8) is 0 Å². The molecule has 2 aromatic carbocycles. The van der Waals surface area contributed by atoms with Crippen LogP contribution in [-0.4, -0.2) is 23.1 Å². The minimum absolute atomic E-state index is 0.226. The summed E-state index contributed by atoms with van der Waals surface area (Å²) in [7, 11) is 0. The monoisotopic (exact) mass is 363 g/mol. The standard InChI is InChI=1S/C21H22FN5/c22-19-6-2-1-5-16(19)14-23-20-13-21(25-15-24-20)26-17-7-9-18(10-8-17)27-11-3-4-12-27/h1-2,5-10,13,15H,3-4,11-12,14H2,(H2,23,24,25,26). The molecule has 0 atom stereocenters. The molecule has 0 spiro atoms. The minimum atomic E-state index is -0.226. The zero-order chi connectivity index (χ0) is 18.5. The fraction of sp³-hybridized carbons (Fsp3) is 0.238. The quantitative estimate of drug-likeness (QED) is 0.672. The van der Waals surface area contributed by atoms with Crippen LogP contribution in [0.1, 0.15) is 18.4 Å². The van der Waals surface area contributed by atoms with Crippen LogP contribution in [-0.2, 0) is 6.54 Å². The van der Waals surface area contributed by atoms with Gasteiger partial charge in [0.25, 0.3) is 0 Å². The van der Waals surface area contributed by atoms with Gasteiger partial charge in [-0.3, -0.25) is 0 Å². The van der Waals surface area contributed by atoms with Crippen LogP contribution in [0.15, 0.2) is 60.9 Å². The summed E-state index contributed by atoms with van der Waals surface area (Å²) >= 11 is 0. The van der Waals surface area contributed by atoms with E-state index in [4.69, 9.17) is 0 Å². The van der Waals surface area contributed by atoms with Gasteiger partial charge < -0.3 is 15.5 Å². The van der Waals surface area contributed by atoms with Gasteiger partial charge in [-0.2, -0.15) is 0 Å². The molecule has 1 aromatic heterocycles. The lowest BCUT2D eigenvalue weighted by Crippen LogP contribution is -2.17. The highest BCUT2D eigenvalue weighted by atomic mass is 19.1. The zero-order valence-corrected chi connectivity index (χ0v) is 15.0. The molecule has 1 aliphatic rings. The van der Waals surface area contributed by atoms with Gasteiger partial charge in [0.1, 0.15) is 23.8 Å². The minimum Gasteiger partial charge on any atom is -0.372 e. The van der Waals surface area contributed by atoms with E-state index in [1.165, 1.54) is 30.9 Å². The van der Waals surface area contributed by atoms with Crippen molar-refractivity contribution >= 4 is 23.0 Å². The van der Waals surface area contributed by atoms with E-state index in [9.17, 15) is 4.39 Å². The van der Waals surface area contributed by atoms with Gasteiger partial charge in [-0.1, -0.05) is 18.2 Å². The van der Waals surface area contributed by atoms with Crippen LogP contribution in [0.5, 0.6) is 0 Å². The van der Waals surface area contributed by atoms with Crippen molar-refractivity contribution in [3.8, 4) is 0 Å². The molecule has 0 radical (unpaired) electrons. The average molecular weight is 363 g/mol. The first-order valence-electron chi connectivity index (χ1n) is 9.19. The number of nitrogens with zero attached hydrogens (tertiary/aromatic N) is 3. The number of benzene rings is 2. The summed E-state index contributed by atoms with van der Waals surface area (Å²) in [4.78, 5) is 10.9. The molecule has 2 heterocycles. The van der Waals surface area contributed by atoms with Crippen molar-refractivity contribution in [2.75, 3.05) is 28.6 Å². The first-order valence-corrected chi connectivity index (χ1v) is 9.19. The molecule has 6 heteroatoms. The van der Waals surface area contributed by atoms with E-state index in [-0.39, 0.29) is 5.82 Å². The van der Waals surface area contributed by atoms with E-state index < -0.39 is 0 Å². The van der Waals surface area contributed by atoms with Crippen LogP contribution < -0.4 is 15.5 Å². The van der Waals surface area contributed by atoms with Crippen LogP contribution in [0.3, 0.4) is 0 Å². The van der Waals surface area contributed by atoms with Gasteiger partial charge in [0.05, 0.1) is 0 Å². The normalized spacial score (nSPS) is 13.6. The number of nitrogens with one attached hydrogen (secondary N) is 2. The maximum absolute atomic E-state index is 13.7. The largest absolute Gasteiger partial charge is 0.372 e. The molecule has 5 nitrogen and oxygen atoms in total. The number of hydrogen-bond donors (Lipinski definition) is 2. The first-order chi connectivity index (χ1) is 13.3. The van der Waals surface area contributed by atoms with E-state index in [1.54, 1.807) is 12.1 Å². The summed E-state index contributed by atoms with van der Waals surface area (Å²) in [6.45, 7) is 2.64. The van der Waals surface area contributed by atoms with Gasteiger partial charge in [0.2, 0.25) is 0 Å². The van der Waals surface area contributed by atoms with Crippen molar-refractivity contribution in [1.82, 2.24) is 9.97 Å². The Morgan fingerprint density at radius 3 is 2.44 bits per heavy atom. The highest BCUT2D eigenvalue weighted by molar-refractivity contribution is 5.62. The third kappa shape index (κ3) is 4.34. The Bertz CT molecular complexity index is 891. The highest BCUT2D eigenvalue weighted by Gasteiger charge is 2.11. The average Bonchev–Trinajstić information content (AvgIpc) is 3.23. The number of anilines is 4. The fourth-order valence-electron chi connectivity index (χ4n) is 3.23. The Morgan fingerprint density at radius 1 is 0.926 bits per heavy atom. The van der Waals surface area contributed by atoms with E-state index in [2.05, 4.69) is 49.8 Å². The molecule has 0 bridgehead atoms. The Hall–Kier alpha value is -3.15. The van der Waals surface area contributed by atoms with Gasteiger partial charge in [-0.25, -0.2) is 14.4 Å². The fourth-order valence-corrected chi connectivity index (χ4v) is 3.23.